The van der Waals surface area contributed by atoms with Crippen molar-refractivity contribution in [2.24, 2.45) is 0 Å². The zero-order chi connectivity index (χ0) is 21.9. The summed E-state index contributed by atoms with van der Waals surface area (Å²) in [7, 11) is 0. The predicted molar refractivity (Wildman–Crippen MR) is 131 cm³/mol. The van der Waals surface area contributed by atoms with Gasteiger partial charge in [0.1, 0.15) is 17.0 Å². The lowest BCUT2D eigenvalue weighted by molar-refractivity contribution is -0.480. The second kappa shape index (κ2) is 7.72. The molecule has 0 atom stereocenters. The molecule has 0 unspecified atom stereocenters. The van der Waals surface area contributed by atoms with E-state index in [9.17, 15) is 4.39 Å². The number of H-pyrrole nitrogens is 1. The van der Waals surface area contributed by atoms with E-state index < -0.39 is 0 Å². The van der Waals surface area contributed by atoms with Crippen LogP contribution in [0.3, 0.4) is 0 Å². The van der Waals surface area contributed by atoms with Crippen LogP contribution in [0.1, 0.15) is 0 Å². The Bertz CT molecular complexity index is 1820. The van der Waals surface area contributed by atoms with Crippen molar-refractivity contribution >= 4 is 38.2 Å². The smallest absolute Gasteiger partial charge is 0.255 e. The number of hydrogen-bond acceptors (Lipinski definition) is 0. The largest absolute Gasteiger partial charge is 1.00 e. The van der Waals surface area contributed by atoms with E-state index in [4.69, 9.17) is 0 Å². The minimum absolute atomic E-state index is 0. The topological polar surface area (TPSA) is 24.8 Å². The molecule has 4 aromatic carbocycles. The molecule has 0 radical (unpaired) electrons. The Kier molecular flexibility index (Phi) is 4.64. The molecule has 34 heavy (non-hydrogen) atoms. The first kappa shape index (κ1) is 20.5. The first-order valence-electron chi connectivity index (χ1n) is 11.0. The fraction of sp³-hybridized carbons (Fsp3) is 0. The van der Waals surface area contributed by atoms with Gasteiger partial charge in [-0.25, -0.2) is 4.39 Å². The van der Waals surface area contributed by atoms with Crippen LogP contribution in [0, 0.1) is 5.82 Å². The number of nitrogens with zero attached hydrogens (tertiary/aromatic N) is 2. The Morgan fingerprint density at radius 1 is 0.706 bits per heavy atom. The standard InChI is InChI=1S/C29H19FN3.ClH/c30-20-14-16-21(17-15-20)32-18-33-25-13-7-5-11-23(25)26-22-10-4-6-12-24(22)31-27(26)29(33)28(32)19-8-2-1-3-9-19;/h1-18,31H;1H/q+1;/p-1. The van der Waals surface area contributed by atoms with Gasteiger partial charge in [0.15, 0.2) is 5.69 Å². The predicted octanol–water partition coefficient (Wildman–Crippen LogP) is 3.81. The number of hydrogen-bond donors (Lipinski definition) is 1. The number of pyridine rings is 1. The molecule has 0 bridgehead atoms. The van der Waals surface area contributed by atoms with E-state index in [-0.39, 0.29) is 18.2 Å². The SMILES string of the molecule is Fc1ccc(-n2c[n+]3c4ccccc4c4c5ccccc5[nH]c4c3c2-c2ccccc2)cc1.[Cl-]. The summed E-state index contributed by atoms with van der Waals surface area (Å²) >= 11 is 0. The molecule has 3 nitrogen and oxygen atoms in total. The molecule has 0 saturated heterocycles. The van der Waals surface area contributed by atoms with Crippen LogP contribution in [0.25, 0.3) is 55.2 Å². The molecular weight excluding hydrogens is 445 g/mol. The summed E-state index contributed by atoms with van der Waals surface area (Å²) < 4.78 is 18.1. The number of halogens is 2. The first-order chi connectivity index (χ1) is 16.3. The Morgan fingerprint density at radius 2 is 1.38 bits per heavy atom. The highest BCUT2D eigenvalue weighted by molar-refractivity contribution is 6.23. The van der Waals surface area contributed by atoms with Crippen LogP contribution in [0.5, 0.6) is 0 Å². The molecule has 7 rings (SSSR count). The van der Waals surface area contributed by atoms with Gasteiger partial charge in [0.25, 0.3) is 6.33 Å². The summed E-state index contributed by atoms with van der Waals surface area (Å²) in [5.74, 6) is -0.243. The lowest BCUT2D eigenvalue weighted by Crippen LogP contribution is -3.00. The van der Waals surface area contributed by atoms with Gasteiger partial charge in [-0.2, -0.15) is 8.97 Å². The second-order valence-electron chi connectivity index (χ2n) is 8.33. The van der Waals surface area contributed by atoms with Crippen LogP contribution in [0.4, 0.5) is 4.39 Å². The van der Waals surface area contributed by atoms with Crippen molar-refractivity contribution < 1.29 is 21.2 Å². The molecule has 1 N–H and O–H groups in total. The van der Waals surface area contributed by atoms with Crippen LogP contribution in [0.15, 0.2) is 109 Å². The molecule has 7 aromatic rings. The third-order valence-corrected chi connectivity index (χ3v) is 6.46. The Balaban J connectivity index is 0.00000217. The van der Waals surface area contributed by atoms with E-state index >= 15 is 0 Å². The van der Waals surface area contributed by atoms with Crippen molar-refractivity contribution in [3.8, 4) is 16.9 Å². The third-order valence-electron chi connectivity index (χ3n) is 6.46. The number of imidazole rings is 1. The molecule has 0 aliphatic rings. The number of aromatic amines is 1. The lowest BCUT2D eigenvalue weighted by Gasteiger charge is -2.04. The summed E-state index contributed by atoms with van der Waals surface area (Å²) in [4.78, 5) is 3.70. The minimum Gasteiger partial charge on any atom is -1.00 e. The number of rotatable bonds is 2. The highest BCUT2D eigenvalue weighted by Gasteiger charge is 2.27. The molecular formula is C29H19ClFN3. The van der Waals surface area contributed by atoms with Gasteiger partial charge in [-0.3, -0.25) is 0 Å². The Hall–Kier alpha value is -4.15. The number of para-hydroxylation sites is 2. The highest BCUT2D eigenvalue weighted by atomic mass is 35.5. The number of nitrogens with one attached hydrogen (secondary N) is 1. The van der Waals surface area contributed by atoms with Crippen LogP contribution in [-0.2, 0) is 0 Å². The van der Waals surface area contributed by atoms with Gasteiger partial charge in [-0.1, -0.05) is 60.7 Å². The molecule has 0 aliphatic carbocycles. The van der Waals surface area contributed by atoms with E-state index in [0.717, 1.165) is 39.0 Å². The van der Waals surface area contributed by atoms with Gasteiger partial charge < -0.3 is 17.4 Å². The van der Waals surface area contributed by atoms with Gasteiger partial charge in [-0.15, -0.1) is 0 Å². The summed E-state index contributed by atoms with van der Waals surface area (Å²) in [5.41, 5.74) is 7.49. The molecule has 0 saturated carbocycles. The Labute approximate surface area is 201 Å². The average Bonchev–Trinajstić information content (AvgIpc) is 3.45. The normalized spacial score (nSPS) is 11.4. The van der Waals surface area contributed by atoms with Crippen molar-refractivity contribution in [3.63, 3.8) is 0 Å². The highest BCUT2D eigenvalue weighted by Crippen LogP contribution is 2.37. The Morgan fingerprint density at radius 3 is 2.18 bits per heavy atom. The quantitative estimate of drug-likeness (QED) is 0.377. The molecule has 0 aliphatic heterocycles. The van der Waals surface area contributed by atoms with Crippen molar-refractivity contribution in [1.29, 1.82) is 0 Å². The number of fused-ring (bicyclic) bond motifs is 8. The van der Waals surface area contributed by atoms with E-state index in [1.165, 1.54) is 28.3 Å². The number of benzene rings is 4. The maximum atomic E-state index is 13.7. The molecule has 0 fully saturated rings. The van der Waals surface area contributed by atoms with Crippen LogP contribution in [0.2, 0.25) is 0 Å². The van der Waals surface area contributed by atoms with Crippen molar-refractivity contribution in [1.82, 2.24) is 9.55 Å². The van der Waals surface area contributed by atoms with Gasteiger partial charge >= 0.3 is 0 Å². The monoisotopic (exact) mass is 463 g/mol. The van der Waals surface area contributed by atoms with Crippen LogP contribution < -0.4 is 16.8 Å². The number of aromatic nitrogens is 3. The molecule has 164 valence electrons. The fourth-order valence-electron chi connectivity index (χ4n) is 5.04. The van der Waals surface area contributed by atoms with Gasteiger partial charge in [0.2, 0.25) is 5.52 Å². The molecule has 3 heterocycles. The van der Waals surface area contributed by atoms with E-state index in [2.05, 4.69) is 93.1 Å². The second-order valence-corrected chi connectivity index (χ2v) is 8.33. The van der Waals surface area contributed by atoms with Crippen LogP contribution >= 0.6 is 0 Å². The van der Waals surface area contributed by atoms with Crippen molar-refractivity contribution in [3.05, 3.63) is 115 Å². The van der Waals surface area contributed by atoms with E-state index in [1.54, 1.807) is 0 Å². The molecule has 0 spiro atoms. The summed E-state index contributed by atoms with van der Waals surface area (Å²) in [6.07, 6.45) is 2.11. The van der Waals surface area contributed by atoms with Gasteiger partial charge in [0, 0.05) is 27.2 Å². The molecule has 5 heteroatoms. The summed E-state index contributed by atoms with van der Waals surface area (Å²) in [6, 6.07) is 34.0. The maximum Gasteiger partial charge on any atom is 0.255 e. The first-order valence-corrected chi connectivity index (χ1v) is 11.0. The average molecular weight is 464 g/mol. The molecule has 0 amide bonds. The lowest BCUT2D eigenvalue weighted by atomic mass is 10.0. The summed E-state index contributed by atoms with van der Waals surface area (Å²) in [5, 5.41) is 3.62. The van der Waals surface area contributed by atoms with E-state index in [1.807, 2.05) is 18.2 Å². The van der Waals surface area contributed by atoms with E-state index in [0.29, 0.717) is 0 Å². The maximum absolute atomic E-state index is 13.7. The van der Waals surface area contributed by atoms with Crippen molar-refractivity contribution in [2.75, 3.05) is 0 Å². The zero-order valence-corrected chi connectivity index (χ0v) is 18.8. The van der Waals surface area contributed by atoms with Crippen molar-refractivity contribution in [2.45, 2.75) is 0 Å². The molecule has 3 aromatic heterocycles. The van der Waals surface area contributed by atoms with Gasteiger partial charge in [0.05, 0.1) is 5.52 Å². The van der Waals surface area contributed by atoms with Gasteiger partial charge in [-0.05, 0) is 42.5 Å². The fourth-order valence-corrected chi connectivity index (χ4v) is 5.04. The summed E-state index contributed by atoms with van der Waals surface area (Å²) in [6.45, 7) is 0. The minimum atomic E-state index is -0.243. The zero-order valence-electron chi connectivity index (χ0n) is 18.0. The third kappa shape index (κ3) is 2.86. The van der Waals surface area contributed by atoms with Crippen LogP contribution in [-0.4, -0.2) is 9.55 Å².